The van der Waals surface area contributed by atoms with E-state index in [0.29, 0.717) is 31.7 Å². The number of nitrogens with one attached hydrogen (secondary N) is 3. The third kappa shape index (κ3) is 8.21. The van der Waals surface area contributed by atoms with Crippen LogP contribution in [0.3, 0.4) is 0 Å². The van der Waals surface area contributed by atoms with Gasteiger partial charge in [0.25, 0.3) is 5.91 Å². The molecule has 3 aliphatic carbocycles. The summed E-state index contributed by atoms with van der Waals surface area (Å²) in [6.45, 7) is 12.5. The molecule has 0 bridgehead atoms. The summed E-state index contributed by atoms with van der Waals surface area (Å²) in [7, 11) is 0. The molecule has 6 atom stereocenters. The summed E-state index contributed by atoms with van der Waals surface area (Å²) in [5.74, 6) is -0.642. The van der Waals surface area contributed by atoms with Gasteiger partial charge in [0.15, 0.2) is 6.10 Å². The largest absolute Gasteiger partial charge is 0.381 e. The van der Waals surface area contributed by atoms with Crippen LogP contribution in [0.5, 0.6) is 0 Å². The Labute approximate surface area is 270 Å². The van der Waals surface area contributed by atoms with Gasteiger partial charge in [-0.2, -0.15) is 0 Å². The molecule has 3 unspecified atom stereocenters. The standard InChI is InChI=1S/C35H61N5O5/c1-7-12-25(28(41)32(44)37-24-17-18-24)38-30(42)26-19-35(21(2)3,23-15-11-16-23)20-40(26)33(45)29(34(4,5)6)39-31(43)27(36)22-13-9-8-10-14-22/h21-29,41H,7-20,36H2,1-6H3,(H,37,44)(H,38,42)(H,39,43)/t25?,26-,27-,28?,29?,35+/m0/s1. The lowest BCUT2D eigenvalue weighted by atomic mass is 9.59. The Kier molecular flexibility index (Phi) is 11.6. The highest BCUT2D eigenvalue weighted by Gasteiger charge is 2.56. The van der Waals surface area contributed by atoms with Crippen LogP contribution < -0.4 is 21.7 Å². The first-order valence-corrected chi connectivity index (χ1v) is 17.8. The summed E-state index contributed by atoms with van der Waals surface area (Å²) in [4.78, 5) is 56.8. The van der Waals surface area contributed by atoms with Crippen LogP contribution in [0.15, 0.2) is 0 Å². The highest BCUT2D eigenvalue weighted by Crippen LogP contribution is 2.54. The molecule has 0 aromatic carbocycles. The average molecular weight is 632 g/mol. The molecule has 1 saturated heterocycles. The van der Waals surface area contributed by atoms with Crippen LogP contribution in [0.2, 0.25) is 0 Å². The summed E-state index contributed by atoms with van der Waals surface area (Å²) in [6.07, 6.45) is 10.5. The van der Waals surface area contributed by atoms with Gasteiger partial charge >= 0.3 is 0 Å². The minimum Gasteiger partial charge on any atom is -0.381 e. The van der Waals surface area contributed by atoms with Crippen LogP contribution in [0, 0.1) is 28.6 Å². The number of carbonyl (C=O) groups is 4. The summed E-state index contributed by atoms with van der Waals surface area (Å²) in [5.41, 5.74) is 5.62. The lowest BCUT2D eigenvalue weighted by Gasteiger charge is -2.46. The molecule has 4 fully saturated rings. The molecule has 256 valence electrons. The summed E-state index contributed by atoms with van der Waals surface area (Å²) in [6, 6.07) is -2.98. The monoisotopic (exact) mass is 631 g/mol. The highest BCUT2D eigenvalue weighted by molar-refractivity contribution is 5.94. The van der Waals surface area contributed by atoms with Gasteiger partial charge in [0.05, 0.1) is 12.1 Å². The smallest absolute Gasteiger partial charge is 0.251 e. The van der Waals surface area contributed by atoms with E-state index in [1.54, 1.807) is 4.90 Å². The first kappa shape index (κ1) is 35.7. The maximum atomic E-state index is 14.6. The third-order valence-corrected chi connectivity index (χ3v) is 11.4. The fourth-order valence-corrected chi connectivity index (χ4v) is 7.95. The molecular weight excluding hydrogens is 570 g/mol. The molecule has 10 heteroatoms. The van der Waals surface area contributed by atoms with Crippen LogP contribution in [0.25, 0.3) is 0 Å². The van der Waals surface area contributed by atoms with E-state index in [9.17, 15) is 24.3 Å². The van der Waals surface area contributed by atoms with E-state index < -0.39 is 41.6 Å². The van der Waals surface area contributed by atoms with Gasteiger partial charge in [0.1, 0.15) is 12.1 Å². The Morgan fingerprint density at radius 2 is 1.58 bits per heavy atom. The predicted molar refractivity (Wildman–Crippen MR) is 175 cm³/mol. The van der Waals surface area contributed by atoms with E-state index >= 15 is 0 Å². The van der Waals surface area contributed by atoms with Crippen molar-refractivity contribution in [2.45, 2.75) is 161 Å². The lowest BCUT2D eigenvalue weighted by Crippen LogP contribution is -2.61. The normalized spacial score (nSPS) is 27.3. The molecule has 10 nitrogen and oxygen atoms in total. The molecule has 1 heterocycles. The molecule has 0 spiro atoms. The van der Waals surface area contributed by atoms with E-state index in [-0.39, 0.29) is 41.0 Å². The Balaban J connectivity index is 1.59. The number of aliphatic hydroxyl groups excluding tert-OH is 1. The Morgan fingerprint density at radius 3 is 2.09 bits per heavy atom. The van der Waals surface area contributed by atoms with Crippen molar-refractivity contribution in [3.05, 3.63) is 0 Å². The fraction of sp³-hybridized carbons (Fsp3) is 0.886. The average Bonchev–Trinajstić information content (AvgIpc) is 3.69. The Bertz CT molecular complexity index is 1060. The van der Waals surface area contributed by atoms with Crippen LogP contribution >= 0.6 is 0 Å². The van der Waals surface area contributed by atoms with Gasteiger partial charge in [0, 0.05) is 12.6 Å². The topological polar surface area (TPSA) is 154 Å². The van der Waals surface area contributed by atoms with Crippen molar-refractivity contribution >= 4 is 23.6 Å². The van der Waals surface area contributed by atoms with Crippen LogP contribution in [-0.4, -0.2) is 76.5 Å². The van der Waals surface area contributed by atoms with Gasteiger partial charge in [-0.05, 0) is 80.0 Å². The zero-order chi connectivity index (χ0) is 33.1. The summed E-state index contributed by atoms with van der Waals surface area (Å²) < 4.78 is 0. The van der Waals surface area contributed by atoms with Crippen molar-refractivity contribution in [1.82, 2.24) is 20.9 Å². The molecule has 0 aromatic heterocycles. The van der Waals surface area contributed by atoms with E-state index in [2.05, 4.69) is 29.8 Å². The van der Waals surface area contributed by atoms with Gasteiger partial charge in [-0.25, -0.2) is 0 Å². The molecule has 1 aliphatic heterocycles. The van der Waals surface area contributed by atoms with Gasteiger partial charge in [-0.1, -0.05) is 73.6 Å². The second-order valence-corrected chi connectivity index (χ2v) is 16.1. The van der Waals surface area contributed by atoms with Crippen LogP contribution in [-0.2, 0) is 19.2 Å². The predicted octanol–water partition coefficient (Wildman–Crippen LogP) is 3.39. The third-order valence-electron chi connectivity index (χ3n) is 11.4. The van der Waals surface area contributed by atoms with E-state index in [1.165, 1.54) is 0 Å². The number of rotatable bonds is 13. The molecular formula is C35H61N5O5. The molecule has 0 aromatic rings. The fourth-order valence-electron chi connectivity index (χ4n) is 7.95. The number of likely N-dealkylation sites (tertiary alicyclic amines) is 1. The highest BCUT2D eigenvalue weighted by atomic mass is 16.3. The maximum Gasteiger partial charge on any atom is 0.251 e. The van der Waals surface area contributed by atoms with Crippen LogP contribution in [0.4, 0.5) is 0 Å². The number of nitrogens with zero attached hydrogens (tertiary/aromatic N) is 1. The summed E-state index contributed by atoms with van der Waals surface area (Å²) in [5, 5.41) is 19.9. The van der Waals surface area contributed by atoms with E-state index in [1.807, 2.05) is 27.7 Å². The second kappa shape index (κ2) is 14.7. The number of nitrogens with two attached hydrogens (primary N) is 1. The molecule has 4 amide bonds. The number of amides is 4. The molecule has 3 saturated carbocycles. The quantitative estimate of drug-likeness (QED) is 0.210. The summed E-state index contributed by atoms with van der Waals surface area (Å²) >= 11 is 0. The van der Waals surface area contributed by atoms with Crippen LogP contribution in [0.1, 0.15) is 125 Å². The number of hydrogen-bond acceptors (Lipinski definition) is 6. The van der Waals surface area contributed by atoms with Crippen molar-refractivity contribution in [2.24, 2.45) is 34.3 Å². The van der Waals surface area contributed by atoms with E-state index in [4.69, 9.17) is 5.73 Å². The van der Waals surface area contributed by atoms with Crippen molar-refractivity contribution in [3.8, 4) is 0 Å². The van der Waals surface area contributed by atoms with Crippen molar-refractivity contribution < 1.29 is 24.3 Å². The molecule has 0 radical (unpaired) electrons. The van der Waals surface area contributed by atoms with Gasteiger partial charge in [-0.3, -0.25) is 19.2 Å². The van der Waals surface area contributed by atoms with E-state index in [0.717, 1.165) is 64.2 Å². The number of carbonyl (C=O) groups excluding carboxylic acids is 4. The first-order chi connectivity index (χ1) is 21.2. The zero-order valence-electron chi connectivity index (χ0n) is 28.7. The first-order valence-electron chi connectivity index (χ1n) is 17.8. The van der Waals surface area contributed by atoms with Gasteiger partial charge in [0.2, 0.25) is 17.7 Å². The van der Waals surface area contributed by atoms with Crippen molar-refractivity contribution in [1.29, 1.82) is 0 Å². The molecule has 6 N–H and O–H groups in total. The molecule has 45 heavy (non-hydrogen) atoms. The lowest BCUT2D eigenvalue weighted by molar-refractivity contribution is -0.145. The SMILES string of the molecule is CCCC(NC(=O)[C@@H]1C[C@@](C(C)C)(C2CCC2)CN1C(=O)C(NC(=O)[C@@H](N)C1CCCCC1)C(C)(C)C)C(O)C(=O)NC1CC1. The zero-order valence-corrected chi connectivity index (χ0v) is 28.7. The van der Waals surface area contributed by atoms with Gasteiger partial charge < -0.3 is 31.7 Å². The number of aliphatic hydroxyl groups is 1. The van der Waals surface area contributed by atoms with Gasteiger partial charge in [-0.15, -0.1) is 0 Å². The Morgan fingerprint density at radius 1 is 0.933 bits per heavy atom. The minimum absolute atomic E-state index is 0.0954. The maximum absolute atomic E-state index is 14.6. The second-order valence-electron chi connectivity index (χ2n) is 16.1. The Hall–Kier alpha value is -2.20. The van der Waals surface area contributed by atoms with Crippen molar-refractivity contribution in [3.63, 3.8) is 0 Å². The molecule has 4 rings (SSSR count). The minimum atomic E-state index is -1.37. The van der Waals surface area contributed by atoms with Crippen molar-refractivity contribution in [2.75, 3.05) is 6.54 Å². The molecule has 4 aliphatic rings. The number of hydrogen-bond donors (Lipinski definition) is 5.